The molecule has 4 aromatic rings. The van der Waals surface area contributed by atoms with Crippen LogP contribution in [-0.2, 0) is 18.9 Å². The molecule has 0 saturated carbocycles. The molecule has 0 aliphatic rings. The van der Waals surface area contributed by atoms with Gasteiger partial charge in [-0.05, 0) is 31.2 Å². The molecule has 0 radical (unpaired) electrons. The minimum atomic E-state index is -0.298. The van der Waals surface area contributed by atoms with E-state index in [2.05, 4.69) is 53.3 Å². The average Bonchev–Trinajstić information content (AvgIpc) is 3.40. The topological polar surface area (TPSA) is 52.8 Å². The van der Waals surface area contributed by atoms with Crippen LogP contribution in [0.5, 0.6) is 5.75 Å². The van der Waals surface area contributed by atoms with Crippen molar-refractivity contribution in [3.63, 3.8) is 0 Å². The van der Waals surface area contributed by atoms with E-state index in [1.54, 1.807) is 41.3 Å². The number of thioether (sulfide) groups is 1. The highest BCUT2D eigenvalue weighted by atomic mass is 32.2. The fraction of sp³-hybridized carbons (Fsp3) is 0.174. The molecule has 8 heteroatoms. The molecule has 0 spiro atoms. The highest BCUT2D eigenvalue weighted by molar-refractivity contribution is 7.98. The summed E-state index contributed by atoms with van der Waals surface area (Å²) in [6.45, 7) is 6.71. The zero-order chi connectivity index (χ0) is 21.6. The van der Waals surface area contributed by atoms with Crippen LogP contribution in [0.4, 0.5) is 4.39 Å². The monoisotopic (exact) mass is 452 g/mol. The van der Waals surface area contributed by atoms with Crippen LogP contribution in [0, 0.1) is 12.7 Å². The molecule has 0 N–H and O–H groups in total. The van der Waals surface area contributed by atoms with Crippen LogP contribution in [0.15, 0.2) is 71.7 Å². The van der Waals surface area contributed by atoms with E-state index in [9.17, 15) is 4.39 Å². The number of hydrogen-bond donors (Lipinski definition) is 0. The SMILES string of the molecule is C=CCn1c(COc2ccc(F)cc2)nnc1SCc1csc(-c2ccc(C)cc2)n1. The summed E-state index contributed by atoms with van der Waals surface area (Å²) >= 11 is 3.22. The van der Waals surface area contributed by atoms with Gasteiger partial charge in [0.1, 0.15) is 23.2 Å². The van der Waals surface area contributed by atoms with E-state index >= 15 is 0 Å². The molecule has 4 rings (SSSR count). The number of aryl methyl sites for hydroxylation is 1. The molecule has 158 valence electrons. The molecule has 0 unspecified atom stereocenters. The normalized spacial score (nSPS) is 10.9. The molecule has 2 aromatic heterocycles. The van der Waals surface area contributed by atoms with E-state index in [-0.39, 0.29) is 12.4 Å². The molecule has 2 aromatic carbocycles. The van der Waals surface area contributed by atoms with E-state index in [0.717, 1.165) is 21.4 Å². The van der Waals surface area contributed by atoms with Gasteiger partial charge in [0.2, 0.25) is 0 Å². The molecule has 0 amide bonds. The lowest BCUT2D eigenvalue weighted by atomic mass is 10.2. The van der Waals surface area contributed by atoms with Gasteiger partial charge in [0.05, 0.1) is 5.69 Å². The number of rotatable bonds is 9. The first-order valence-corrected chi connectivity index (χ1v) is 11.5. The molecule has 0 atom stereocenters. The predicted molar refractivity (Wildman–Crippen MR) is 123 cm³/mol. The minimum absolute atomic E-state index is 0.237. The van der Waals surface area contributed by atoms with E-state index in [1.807, 2.05) is 4.57 Å². The predicted octanol–water partition coefficient (Wildman–Crippen LogP) is 5.91. The molecule has 0 saturated heterocycles. The van der Waals surface area contributed by atoms with Crippen LogP contribution < -0.4 is 4.74 Å². The van der Waals surface area contributed by atoms with Gasteiger partial charge in [0.25, 0.3) is 0 Å². The van der Waals surface area contributed by atoms with Gasteiger partial charge < -0.3 is 4.74 Å². The smallest absolute Gasteiger partial charge is 0.191 e. The molecule has 0 bridgehead atoms. The van der Waals surface area contributed by atoms with E-state index in [1.165, 1.54) is 17.7 Å². The summed E-state index contributed by atoms with van der Waals surface area (Å²) in [4.78, 5) is 4.76. The molecule has 2 heterocycles. The Morgan fingerprint density at radius 1 is 1.13 bits per heavy atom. The maximum atomic E-state index is 13.1. The summed E-state index contributed by atoms with van der Waals surface area (Å²) in [6, 6.07) is 14.3. The van der Waals surface area contributed by atoms with Crippen molar-refractivity contribution in [3.8, 4) is 16.3 Å². The van der Waals surface area contributed by atoms with Crippen LogP contribution in [-0.4, -0.2) is 19.7 Å². The Kier molecular flexibility index (Phi) is 6.79. The number of benzene rings is 2. The lowest BCUT2D eigenvalue weighted by molar-refractivity contribution is 0.288. The van der Waals surface area contributed by atoms with E-state index < -0.39 is 0 Å². The Morgan fingerprint density at radius 3 is 2.65 bits per heavy atom. The molecule has 0 fully saturated rings. The second-order valence-electron chi connectivity index (χ2n) is 6.84. The third-order valence-corrected chi connectivity index (χ3v) is 6.43. The van der Waals surface area contributed by atoms with Crippen LogP contribution in [0.1, 0.15) is 17.1 Å². The highest BCUT2D eigenvalue weighted by Crippen LogP contribution is 2.28. The van der Waals surface area contributed by atoms with Crippen molar-refractivity contribution in [2.75, 3.05) is 0 Å². The number of aromatic nitrogens is 4. The first kappa shape index (κ1) is 21.3. The standard InChI is InChI=1S/C23H21FN4OS2/c1-3-12-28-21(13-29-20-10-8-18(24)9-11-20)26-27-23(28)31-15-19-14-30-22(25-19)17-6-4-16(2)5-7-17/h3-11,14H,1,12-13,15H2,2H3. The van der Waals surface area contributed by atoms with E-state index in [4.69, 9.17) is 9.72 Å². The lowest BCUT2D eigenvalue weighted by Crippen LogP contribution is -2.07. The van der Waals surface area contributed by atoms with Crippen molar-refractivity contribution in [3.05, 3.63) is 89.5 Å². The molecular formula is C23H21FN4OS2. The summed E-state index contributed by atoms with van der Waals surface area (Å²) in [5.41, 5.74) is 3.36. The van der Waals surface area contributed by atoms with Gasteiger partial charge in [0, 0.05) is 23.2 Å². The largest absolute Gasteiger partial charge is 0.486 e. The Hall–Kier alpha value is -2.97. The Labute approximate surface area is 188 Å². The maximum absolute atomic E-state index is 13.1. The number of halogens is 1. The van der Waals surface area contributed by atoms with Crippen LogP contribution in [0.25, 0.3) is 10.6 Å². The third-order valence-electron chi connectivity index (χ3n) is 4.49. The Balaban J connectivity index is 1.42. The second kappa shape index (κ2) is 9.89. The Bertz CT molecular complexity index is 1150. The minimum Gasteiger partial charge on any atom is -0.486 e. The van der Waals surface area contributed by atoms with Crippen molar-refractivity contribution in [2.45, 2.75) is 31.0 Å². The molecule has 31 heavy (non-hydrogen) atoms. The fourth-order valence-electron chi connectivity index (χ4n) is 2.86. The van der Waals surface area contributed by atoms with Gasteiger partial charge in [0.15, 0.2) is 11.0 Å². The van der Waals surface area contributed by atoms with E-state index in [0.29, 0.717) is 23.9 Å². The summed E-state index contributed by atoms with van der Waals surface area (Å²) in [7, 11) is 0. The van der Waals surface area contributed by atoms with Crippen molar-refractivity contribution in [1.82, 2.24) is 19.7 Å². The summed E-state index contributed by atoms with van der Waals surface area (Å²) in [6.07, 6.45) is 1.80. The average molecular weight is 453 g/mol. The number of thiazole rings is 1. The quantitative estimate of drug-likeness (QED) is 0.234. The number of hydrogen-bond acceptors (Lipinski definition) is 6. The number of allylic oxidation sites excluding steroid dienone is 1. The Morgan fingerprint density at radius 2 is 1.90 bits per heavy atom. The first-order valence-electron chi connectivity index (χ1n) is 9.68. The van der Waals surface area contributed by atoms with Gasteiger partial charge in [-0.15, -0.1) is 28.1 Å². The molecular weight excluding hydrogens is 431 g/mol. The van der Waals surface area contributed by atoms with Gasteiger partial charge in [-0.25, -0.2) is 9.37 Å². The maximum Gasteiger partial charge on any atom is 0.191 e. The van der Waals surface area contributed by atoms with Crippen LogP contribution in [0.3, 0.4) is 0 Å². The van der Waals surface area contributed by atoms with Crippen molar-refractivity contribution in [1.29, 1.82) is 0 Å². The lowest BCUT2D eigenvalue weighted by Gasteiger charge is -2.09. The van der Waals surface area contributed by atoms with Crippen molar-refractivity contribution in [2.24, 2.45) is 0 Å². The van der Waals surface area contributed by atoms with Crippen molar-refractivity contribution < 1.29 is 9.13 Å². The third kappa shape index (κ3) is 5.39. The molecule has 0 aliphatic heterocycles. The number of ether oxygens (including phenoxy) is 1. The first-order chi connectivity index (χ1) is 15.1. The highest BCUT2D eigenvalue weighted by Gasteiger charge is 2.14. The molecule has 5 nitrogen and oxygen atoms in total. The zero-order valence-electron chi connectivity index (χ0n) is 17.0. The zero-order valence-corrected chi connectivity index (χ0v) is 18.6. The second-order valence-corrected chi connectivity index (χ2v) is 8.64. The summed E-state index contributed by atoms with van der Waals surface area (Å²) in [5, 5.41) is 12.5. The van der Waals surface area contributed by atoms with Gasteiger partial charge in [-0.2, -0.15) is 0 Å². The van der Waals surface area contributed by atoms with Gasteiger partial charge in [-0.1, -0.05) is 47.7 Å². The van der Waals surface area contributed by atoms with Crippen molar-refractivity contribution >= 4 is 23.1 Å². The van der Waals surface area contributed by atoms with Gasteiger partial charge in [-0.3, -0.25) is 4.57 Å². The molecule has 0 aliphatic carbocycles. The van der Waals surface area contributed by atoms with Crippen LogP contribution in [0.2, 0.25) is 0 Å². The number of nitrogens with zero attached hydrogens (tertiary/aromatic N) is 4. The fourth-order valence-corrected chi connectivity index (χ4v) is 4.65. The summed E-state index contributed by atoms with van der Waals surface area (Å²) in [5.74, 6) is 1.66. The van der Waals surface area contributed by atoms with Gasteiger partial charge >= 0.3 is 0 Å². The van der Waals surface area contributed by atoms with Crippen LogP contribution >= 0.6 is 23.1 Å². The summed E-state index contributed by atoms with van der Waals surface area (Å²) < 4.78 is 20.7.